The van der Waals surface area contributed by atoms with Crippen LogP contribution in [0.4, 0.5) is 0 Å². The van der Waals surface area contributed by atoms with E-state index in [1.165, 1.54) is 5.56 Å². The molecule has 0 unspecified atom stereocenters. The summed E-state index contributed by atoms with van der Waals surface area (Å²) in [5.74, 6) is 0.715. The minimum Gasteiger partial charge on any atom is -0.388 e. The fraction of sp³-hybridized carbons (Fsp3) is 0.333. The van der Waals surface area contributed by atoms with Crippen molar-refractivity contribution < 1.29 is 5.11 Å². The Bertz CT molecular complexity index is 476. The molecular weight excluding hydrogens is 232 g/mol. The van der Waals surface area contributed by atoms with E-state index in [2.05, 4.69) is 26.0 Å². The van der Waals surface area contributed by atoms with Gasteiger partial charge >= 0.3 is 0 Å². The predicted octanol–water partition coefficient (Wildman–Crippen LogP) is 4.55. The van der Waals surface area contributed by atoms with Gasteiger partial charge < -0.3 is 5.11 Å². The van der Waals surface area contributed by atoms with Crippen molar-refractivity contribution in [1.82, 2.24) is 0 Å². The highest BCUT2D eigenvalue weighted by atomic mass is 16.3. The molecule has 0 amide bonds. The van der Waals surface area contributed by atoms with Gasteiger partial charge in [0.1, 0.15) is 0 Å². The summed E-state index contributed by atoms with van der Waals surface area (Å²) in [6.45, 7) is 4.40. The van der Waals surface area contributed by atoms with Crippen LogP contribution in [0.25, 0.3) is 0 Å². The molecule has 0 radical (unpaired) electrons. The SMILES string of the molecule is CC(C)C[C@@H](c1ccccc1)[C@H](O)c1ccccc1. The summed E-state index contributed by atoms with van der Waals surface area (Å²) in [5.41, 5.74) is 2.21. The van der Waals surface area contributed by atoms with Crippen molar-refractivity contribution >= 4 is 0 Å². The lowest BCUT2D eigenvalue weighted by molar-refractivity contribution is 0.134. The lowest BCUT2D eigenvalue weighted by Crippen LogP contribution is -2.13. The van der Waals surface area contributed by atoms with Gasteiger partial charge in [-0.15, -0.1) is 0 Å². The number of hydrogen-bond acceptors (Lipinski definition) is 1. The van der Waals surface area contributed by atoms with Gasteiger partial charge in [0.05, 0.1) is 6.10 Å². The average molecular weight is 254 g/mol. The summed E-state index contributed by atoms with van der Waals surface area (Å²) in [7, 11) is 0. The zero-order valence-electron chi connectivity index (χ0n) is 11.7. The van der Waals surface area contributed by atoms with Gasteiger partial charge in [-0.2, -0.15) is 0 Å². The van der Waals surface area contributed by atoms with Crippen LogP contribution in [0.3, 0.4) is 0 Å². The maximum absolute atomic E-state index is 10.7. The van der Waals surface area contributed by atoms with Crippen molar-refractivity contribution in [3.05, 3.63) is 71.8 Å². The number of rotatable bonds is 5. The molecule has 2 atom stereocenters. The third-order valence-electron chi connectivity index (χ3n) is 3.48. The number of aliphatic hydroxyl groups excluding tert-OH is 1. The highest BCUT2D eigenvalue weighted by Gasteiger charge is 2.23. The van der Waals surface area contributed by atoms with Crippen molar-refractivity contribution in [2.45, 2.75) is 32.3 Å². The Labute approximate surface area is 115 Å². The first-order chi connectivity index (χ1) is 9.18. The first kappa shape index (κ1) is 13.8. The van der Waals surface area contributed by atoms with Gasteiger partial charge in [-0.25, -0.2) is 0 Å². The molecule has 0 bridgehead atoms. The lowest BCUT2D eigenvalue weighted by atomic mass is 9.83. The molecule has 19 heavy (non-hydrogen) atoms. The Hall–Kier alpha value is -1.60. The van der Waals surface area contributed by atoms with Crippen molar-refractivity contribution in [1.29, 1.82) is 0 Å². The molecule has 0 saturated carbocycles. The highest BCUT2D eigenvalue weighted by molar-refractivity contribution is 5.26. The molecule has 0 fully saturated rings. The monoisotopic (exact) mass is 254 g/mol. The summed E-state index contributed by atoms with van der Waals surface area (Å²) in [6.07, 6.45) is 0.547. The number of hydrogen-bond donors (Lipinski definition) is 1. The molecule has 1 heteroatoms. The molecule has 100 valence electrons. The molecule has 1 N–H and O–H groups in total. The normalized spacial score (nSPS) is 14.3. The zero-order valence-corrected chi connectivity index (χ0v) is 11.7. The van der Waals surface area contributed by atoms with Gasteiger partial charge in [-0.3, -0.25) is 0 Å². The van der Waals surface area contributed by atoms with Crippen molar-refractivity contribution in [3.63, 3.8) is 0 Å². The fourth-order valence-corrected chi connectivity index (χ4v) is 2.54. The second kappa shape index (κ2) is 6.53. The van der Waals surface area contributed by atoms with Crippen LogP contribution in [0.2, 0.25) is 0 Å². The van der Waals surface area contributed by atoms with E-state index in [9.17, 15) is 5.11 Å². The van der Waals surface area contributed by atoms with E-state index in [0.29, 0.717) is 5.92 Å². The second-order valence-corrected chi connectivity index (χ2v) is 5.50. The largest absolute Gasteiger partial charge is 0.388 e. The second-order valence-electron chi connectivity index (χ2n) is 5.50. The molecule has 0 aliphatic carbocycles. The summed E-state index contributed by atoms with van der Waals surface area (Å²) >= 11 is 0. The van der Waals surface area contributed by atoms with Crippen LogP contribution in [0.5, 0.6) is 0 Å². The molecule has 2 aromatic rings. The van der Waals surface area contributed by atoms with Gasteiger partial charge in [0, 0.05) is 5.92 Å². The van der Waals surface area contributed by atoms with Crippen LogP contribution in [-0.4, -0.2) is 5.11 Å². The van der Waals surface area contributed by atoms with Gasteiger partial charge in [-0.05, 0) is 23.5 Å². The van der Waals surface area contributed by atoms with Crippen molar-refractivity contribution in [2.75, 3.05) is 0 Å². The molecular formula is C18H22O. The Kier molecular flexibility index (Phi) is 4.75. The summed E-state index contributed by atoms with van der Waals surface area (Å²) in [6, 6.07) is 20.3. The van der Waals surface area contributed by atoms with E-state index in [4.69, 9.17) is 0 Å². The van der Waals surface area contributed by atoms with E-state index < -0.39 is 6.10 Å². The van der Waals surface area contributed by atoms with Crippen LogP contribution >= 0.6 is 0 Å². The van der Waals surface area contributed by atoms with Gasteiger partial charge in [0.25, 0.3) is 0 Å². The first-order valence-corrected chi connectivity index (χ1v) is 6.96. The first-order valence-electron chi connectivity index (χ1n) is 6.96. The minimum atomic E-state index is -0.439. The quantitative estimate of drug-likeness (QED) is 0.830. The summed E-state index contributed by atoms with van der Waals surface area (Å²) in [4.78, 5) is 0. The average Bonchev–Trinajstić information content (AvgIpc) is 2.46. The standard InChI is InChI=1S/C18H22O/c1-14(2)13-17(15-9-5-3-6-10-15)18(19)16-11-7-4-8-12-16/h3-12,14,17-19H,13H2,1-2H3/t17-,18+/m0/s1. The Morgan fingerprint density at radius 3 is 1.74 bits per heavy atom. The maximum atomic E-state index is 10.7. The zero-order chi connectivity index (χ0) is 13.7. The molecule has 0 spiro atoms. The van der Waals surface area contributed by atoms with Crippen LogP contribution in [-0.2, 0) is 0 Å². The third-order valence-corrected chi connectivity index (χ3v) is 3.48. The van der Waals surface area contributed by atoms with E-state index in [-0.39, 0.29) is 5.92 Å². The fourth-order valence-electron chi connectivity index (χ4n) is 2.54. The smallest absolute Gasteiger partial charge is 0.0858 e. The third kappa shape index (κ3) is 3.68. The van der Waals surface area contributed by atoms with Crippen LogP contribution < -0.4 is 0 Å². The molecule has 0 aromatic heterocycles. The number of aliphatic hydroxyl groups is 1. The van der Waals surface area contributed by atoms with Crippen LogP contribution in [0.15, 0.2) is 60.7 Å². The molecule has 1 nitrogen and oxygen atoms in total. The topological polar surface area (TPSA) is 20.2 Å². The molecule has 0 aliphatic heterocycles. The number of benzene rings is 2. The van der Waals surface area contributed by atoms with Crippen LogP contribution in [0.1, 0.15) is 43.4 Å². The Balaban J connectivity index is 2.28. The van der Waals surface area contributed by atoms with Gasteiger partial charge in [-0.1, -0.05) is 74.5 Å². The minimum absolute atomic E-state index is 0.156. The van der Waals surface area contributed by atoms with Crippen molar-refractivity contribution in [2.24, 2.45) is 5.92 Å². The Morgan fingerprint density at radius 1 is 0.789 bits per heavy atom. The highest BCUT2D eigenvalue weighted by Crippen LogP contribution is 2.35. The predicted molar refractivity (Wildman–Crippen MR) is 80.0 cm³/mol. The van der Waals surface area contributed by atoms with Crippen molar-refractivity contribution in [3.8, 4) is 0 Å². The van der Waals surface area contributed by atoms with E-state index in [1.54, 1.807) is 0 Å². The van der Waals surface area contributed by atoms with E-state index >= 15 is 0 Å². The molecule has 2 rings (SSSR count). The summed E-state index contributed by atoms with van der Waals surface area (Å²) in [5, 5.41) is 10.7. The van der Waals surface area contributed by atoms with Crippen LogP contribution in [0, 0.1) is 5.92 Å². The van der Waals surface area contributed by atoms with E-state index in [1.807, 2.05) is 48.5 Å². The lowest BCUT2D eigenvalue weighted by Gasteiger charge is -2.25. The molecule has 0 saturated heterocycles. The van der Waals surface area contributed by atoms with Gasteiger partial charge in [0.15, 0.2) is 0 Å². The summed E-state index contributed by atoms with van der Waals surface area (Å²) < 4.78 is 0. The molecule has 0 heterocycles. The van der Waals surface area contributed by atoms with Gasteiger partial charge in [0.2, 0.25) is 0 Å². The molecule has 2 aromatic carbocycles. The Morgan fingerprint density at radius 2 is 1.26 bits per heavy atom. The maximum Gasteiger partial charge on any atom is 0.0858 e. The van der Waals surface area contributed by atoms with E-state index in [0.717, 1.165) is 12.0 Å². The molecule has 0 aliphatic rings.